The number of hydrazone groups is 1. The highest BCUT2D eigenvalue weighted by Gasteiger charge is 2.08. The Morgan fingerprint density at radius 2 is 1.67 bits per heavy atom. The van der Waals surface area contributed by atoms with Crippen molar-refractivity contribution in [1.29, 1.82) is 0 Å². The van der Waals surface area contributed by atoms with Gasteiger partial charge in [-0.05, 0) is 24.3 Å². The molecule has 5 nitrogen and oxygen atoms in total. The molecule has 0 bridgehead atoms. The van der Waals surface area contributed by atoms with Crippen LogP contribution in [0.3, 0.4) is 0 Å². The molecule has 0 fully saturated rings. The molecule has 0 spiro atoms. The Labute approximate surface area is 139 Å². The number of para-hydroxylation sites is 2. The van der Waals surface area contributed by atoms with Gasteiger partial charge in [0.05, 0.1) is 16.7 Å². The fraction of sp³-hybridized carbons (Fsp3) is 0. The lowest BCUT2D eigenvalue weighted by Crippen LogP contribution is -2.08. The summed E-state index contributed by atoms with van der Waals surface area (Å²) in [7, 11) is 0. The average Bonchev–Trinajstić information content (AvgIpc) is 3.07. The van der Waals surface area contributed by atoms with Gasteiger partial charge in [0.2, 0.25) is 5.95 Å². The zero-order chi connectivity index (χ0) is 16.2. The number of aromatic amines is 1. The van der Waals surface area contributed by atoms with Crippen molar-refractivity contribution in [2.45, 2.75) is 0 Å². The first kappa shape index (κ1) is 14.1. The van der Waals surface area contributed by atoms with Crippen LogP contribution in [0.15, 0.2) is 84.1 Å². The average molecular weight is 313 g/mol. The Morgan fingerprint density at radius 3 is 2.46 bits per heavy atom. The first-order valence-electron chi connectivity index (χ1n) is 7.65. The third-order valence-corrected chi connectivity index (χ3v) is 3.62. The second kappa shape index (κ2) is 6.34. The molecular weight excluding hydrogens is 298 g/mol. The van der Waals surface area contributed by atoms with Crippen LogP contribution in [0.25, 0.3) is 11.0 Å². The summed E-state index contributed by atoms with van der Waals surface area (Å²) in [6.45, 7) is 0. The van der Waals surface area contributed by atoms with Crippen LogP contribution in [0.4, 0.5) is 5.95 Å². The quantitative estimate of drug-likeness (QED) is 0.444. The van der Waals surface area contributed by atoms with Crippen LogP contribution in [0.1, 0.15) is 11.3 Å². The summed E-state index contributed by atoms with van der Waals surface area (Å²) in [5.41, 5.74) is 7.42. The lowest BCUT2D eigenvalue weighted by Gasteiger charge is -2.06. The number of benzene rings is 2. The molecular formula is C19H15N5. The van der Waals surface area contributed by atoms with E-state index < -0.39 is 0 Å². The summed E-state index contributed by atoms with van der Waals surface area (Å²) in [5.74, 6) is 0.598. The zero-order valence-electron chi connectivity index (χ0n) is 12.8. The van der Waals surface area contributed by atoms with Gasteiger partial charge in [-0.3, -0.25) is 4.98 Å². The summed E-state index contributed by atoms with van der Waals surface area (Å²) < 4.78 is 0. The number of fused-ring (bicyclic) bond motifs is 1. The molecule has 0 amide bonds. The van der Waals surface area contributed by atoms with Crippen molar-refractivity contribution in [1.82, 2.24) is 15.0 Å². The van der Waals surface area contributed by atoms with E-state index in [4.69, 9.17) is 0 Å². The molecule has 0 aliphatic rings. The summed E-state index contributed by atoms with van der Waals surface area (Å²) in [4.78, 5) is 12.1. The van der Waals surface area contributed by atoms with Gasteiger partial charge in [-0.15, -0.1) is 0 Å². The van der Waals surface area contributed by atoms with E-state index in [0.717, 1.165) is 28.0 Å². The number of nitrogens with zero attached hydrogens (tertiary/aromatic N) is 3. The number of rotatable bonds is 4. The van der Waals surface area contributed by atoms with Gasteiger partial charge in [0, 0.05) is 11.8 Å². The molecule has 2 heterocycles. The fourth-order valence-electron chi connectivity index (χ4n) is 2.48. The van der Waals surface area contributed by atoms with Crippen molar-refractivity contribution < 1.29 is 0 Å². The lowest BCUT2D eigenvalue weighted by molar-refractivity contribution is 1.19. The van der Waals surface area contributed by atoms with E-state index >= 15 is 0 Å². The first-order valence-corrected chi connectivity index (χ1v) is 7.65. The Balaban J connectivity index is 1.71. The van der Waals surface area contributed by atoms with E-state index in [2.05, 4.69) is 25.5 Å². The van der Waals surface area contributed by atoms with Crippen LogP contribution >= 0.6 is 0 Å². The SMILES string of the molecule is c1ccc(/C(=N\Nc2nc3ccccc3[nH]2)c2ccccn2)cc1. The molecule has 2 aromatic heterocycles. The van der Waals surface area contributed by atoms with Gasteiger partial charge < -0.3 is 4.98 Å². The summed E-state index contributed by atoms with van der Waals surface area (Å²) >= 11 is 0. The number of hydrogen-bond acceptors (Lipinski definition) is 4. The molecule has 0 aliphatic carbocycles. The smallest absolute Gasteiger partial charge is 0.222 e. The largest absolute Gasteiger partial charge is 0.323 e. The fourth-order valence-corrected chi connectivity index (χ4v) is 2.48. The number of nitrogens with one attached hydrogen (secondary N) is 2. The maximum Gasteiger partial charge on any atom is 0.222 e. The van der Waals surface area contributed by atoms with E-state index in [1.807, 2.05) is 72.8 Å². The van der Waals surface area contributed by atoms with Crippen molar-refractivity contribution in [2.75, 3.05) is 5.43 Å². The minimum atomic E-state index is 0.598. The van der Waals surface area contributed by atoms with E-state index in [0.29, 0.717) is 5.95 Å². The monoisotopic (exact) mass is 313 g/mol. The van der Waals surface area contributed by atoms with Gasteiger partial charge in [-0.1, -0.05) is 48.5 Å². The Hall–Kier alpha value is -3.47. The number of aromatic nitrogens is 3. The second-order valence-electron chi connectivity index (χ2n) is 5.26. The molecule has 0 atom stereocenters. The third-order valence-electron chi connectivity index (χ3n) is 3.62. The molecule has 2 N–H and O–H groups in total. The van der Waals surface area contributed by atoms with Gasteiger partial charge in [-0.25, -0.2) is 10.4 Å². The van der Waals surface area contributed by atoms with Crippen molar-refractivity contribution >= 4 is 22.7 Å². The third kappa shape index (κ3) is 2.87. The van der Waals surface area contributed by atoms with Gasteiger partial charge in [-0.2, -0.15) is 5.10 Å². The zero-order valence-corrected chi connectivity index (χ0v) is 12.8. The van der Waals surface area contributed by atoms with Crippen molar-refractivity contribution in [3.63, 3.8) is 0 Å². The highest BCUT2D eigenvalue weighted by atomic mass is 15.4. The van der Waals surface area contributed by atoms with E-state index in [1.165, 1.54) is 0 Å². The number of pyridine rings is 1. The standard InChI is InChI=1S/C19H15N5/c1-2-8-14(9-3-1)18(17-12-6-7-13-20-17)23-24-19-21-15-10-4-5-11-16(15)22-19/h1-13H,(H2,21,22,24)/b23-18+. The van der Waals surface area contributed by atoms with Crippen LogP contribution in [0.5, 0.6) is 0 Å². The Morgan fingerprint density at radius 1 is 0.875 bits per heavy atom. The predicted molar refractivity (Wildman–Crippen MR) is 96.0 cm³/mol. The van der Waals surface area contributed by atoms with Gasteiger partial charge >= 0.3 is 0 Å². The minimum Gasteiger partial charge on any atom is -0.323 e. The molecule has 0 saturated heterocycles. The number of H-pyrrole nitrogens is 1. The Kier molecular flexibility index (Phi) is 3.73. The normalized spacial score (nSPS) is 11.6. The van der Waals surface area contributed by atoms with Crippen LogP contribution < -0.4 is 5.43 Å². The van der Waals surface area contributed by atoms with E-state index in [-0.39, 0.29) is 0 Å². The number of imidazole rings is 1. The molecule has 4 rings (SSSR count). The molecule has 5 heteroatoms. The topological polar surface area (TPSA) is 66.0 Å². The number of hydrogen-bond donors (Lipinski definition) is 2. The van der Waals surface area contributed by atoms with E-state index in [9.17, 15) is 0 Å². The summed E-state index contributed by atoms with van der Waals surface area (Å²) in [6.07, 6.45) is 1.76. The van der Waals surface area contributed by atoms with Gasteiger partial charge in [0.25, 0.3) is 0 Å². The maximum atomic E-state index is 4.54. The summed E-state index contributed by atoms with van der Waals surface area (Å²) in [5, 5.41) is 4.54. The molecule has 4 aromatic rings. The second-order valence-corrected chi connectivity index (χ2v) is 5.26. The molecule has 0 unspecified atom stereocenters. The predicted octanol–water partition coefficient (Wildman–Crippen LogP) is 3.82. The highest BCUT2D eigenvalue weighted by Crippen LogP contribution is 2.14. The van der Waals surface area contributed by atoms with Crippen molar-refractivity contribution in [2.24, 2.45) is 5.10 Å². The molecule has 0 saturated carbocycles. The van der Waals surface area contributed by atoms with E-state index in [1.54, 1.807) is 6.20 Å². The maximum absolute atomic E-state index is 4.54. The van der Waals surface area contributed by atoms with Crippen LogP contribution in [0, 0.1) is 0 Å². The molecule has 0 aliphatic heterocycles. The van der Waals surface area contributed by atoms with Crippen LogP contribution in [0.2, 0.25) is 0 Å². The Bertz CT molecular complexity index is 900. The number of anilines is 1. The van der Waals surface area contributed by atoms with Crippen molar-refractivity contribution in [3.8, 4) is 0 Å². The molecule has 2 aromatic carbocycles. The van der Waals surface area contributed by atoms with Crippen LogP contribution in [-0.2, 0) is 0 Å². The lowest BCUT2D eigenvalue weighted by atomic mass is 10.1. The van der Waals surface area contributed by atoms with Gasteiger partial charge in [0.1, 0.15) is 5.71 Å². The molecule has 24 heavy (non-hydrogen) atoms. The van der Waals surface area contributed by atoms with Crippen LogP contribution in [-0.4, -0.2) is 20.7 Å². The van der Waals surface area contributed by atoms with Crippen molar-refractivity contribution in [3.05, 3.63) is 90.3 Å². The first-order chi connectivity index (χ1) is 11.9. The molecule has 0 radical (unpaired) electrons. The highest BCUT2D eigenvalue weighted by molar-refractivity contribution is 6.11. The van der Waals surface area contributed by atoms with Gasteiger partial charge in [0.15, 0.2) is 0 Å². The molecule has 116 valence electrons. The minimum absolute atomic E-state index is 0.598. The summed E-state index contributed by atoms with van der Waals surface area (Å²) in [6, 6.07) is 23.6.